The largest absolute Gasteiger partial charge is 0.354 e. The molecule has 4 heteroatoms. The van der Waals surface area contributed by atoms with E-state index in [0.29, 0.717) is 24.9 Å². The summed E-state index contributed by atoms with van der Waals surface area (Å²) < 4.78 is 0. The Bertz CT molecular complexity index is 708. The van der Waals surface area contributed by atoms with Crippen LogP contribution in [0.5, 0.6) is 0 Å². The van der Waals surface area contributed by atoms with Gasteiger partial charge in [0.1, 0.15) is 0 Å². The lowest BCUT2D eigenvalue weighted by atomic mass is 10.1. The van der Waals surface area contributed by atoms with Crippen LogP contribution in [0.25, 0.3) is 0 Å². The Hall–Kier alpha value is -2.62. The Balaban J connectivity index is 1.14. The maximum absolute atomic E-state index is 12.2. The van der Waals surface area contributed by atoms with Crippen LogP contribution in [0.1, 0.15) is 35.8 Å². The van der Waals surface area contributed by atoms with Gasteiger partial charge in [-0.05, 0) is 35.8 Å². The van der Waals surface area contributed by atoms with Crippen molar-refractivity contribution in [3.8, 4) is 0 Å². The molecule has 4 nitrogen and oxygen atoms in total. The normalized spacial score (nSPS) is 26.0. The summed E-state index contributed by atoms with van der Waals surface area (Å²) in [7, 11) is 0. The topological polar surface area (TPSA) is 58.2 Å². The van der Waals surface area contributed by atoms with Crippen molar-refractivity contribution in [1.29, 1.82) is 0 Å². The zero-order valence-corrected chi connectivity index (χ0v) is 14.7. The summed E-state index contributed by atoms with van der Waals surface area (Å²) in [6.07, 6.45) is 1.84. The third-order valence-corrected chi connectivity index (χ3v) is 5.43. The highest BCUT2D eigenvalue weighted by atomic mass is 16.2. The Labute approximate surface area is 154 Å². The van der Waals surface area contributed by atoms with Gasteiger partial charge in [0.2, 0.25) is 11.8 Å². The van der Waals surface area contributed by atoms with Crippen LogP contribution in [0.2, 0.25) is 0 Å². The second-order valence-corrected chi connectivity index (χ2v) is 7.30. The predicted octanol–water partition coefficient (Wildman–Crippen LogP) is 2.83. The Morgan fingerprint density at radius 1 is 0.692 bits per heavy atom. The molecule has 2 aromatic carbocycles. The first-order valence-corrected chi connectivity index (χ1v) is 9.39. The van der Waals surface area contributed by atoms with E-state index >= 15 is 0 Å². The number of hydrogen-bond acceptors (Lipinski definition) is 2. The smallest absolute Gasteiger partial charge is 0.223 e. The summed E-state index contributed by atoms with van der Waals surface area (Å²) in [5, 5.41) is 5.90. The van der Waals surface area contributed by atoms with Gasteiger partial charge in [-0.2, -0.15) is 0 Å². The van der Waals surface area contributed by atoms with Crippen LogP contribution in [0.15, 0.2) is 60.7 Å². The molecule has 2 aliphatic carbocycles. The van der Waals surface area contributed by atoms with Crippen LogP contribution in [0.3, 0.4) is 0 Å². The van der Waals surface area contributed by atoms with Gasteiger partial charge in [0.15, 0.2) is 0 Å². The van der Waals surface area contributed by atoms with Crippen LogP contribution in [0.4, 0.5) is 0 Å². The second kappa shape index (κ2) is 7.32. The van der Waals surface area contributed by atoms with E-state index in [9.17, 15) is 9.59 Å². The molecule has 0 unspecified atom stereocenters. The van der Waals surface area contributed by atoms with E-state index in [1.165, 1.54) is 11.1 Å². The third-order valence-electron chi connectivity index (χ3n) is 5.43. The minimum atomic E-state index is 0.0824. The highest BCUT2D eigenvalue weighted by Gasteiger charge is 2.44. The first-order chi connectivity index (χ1) is 12.7. The first-order valence-electron chi connectivity index (χ1n) is 9.39. The zero-order valence-electron chi connectivity index (χ0n) is 14.7. The molecule has 0 saturated heterocycles. The molecule has 134 valence electrons. The molecular weight excluding hydrogens is 324 g/mol. The molecule has 2 saturated carbocycles. The van der Waals surface area contributed by atoms with Gasteiger partial charge in [0.05, 0.1) is 0 Å². The summed E-state index contributed by atoms with van der Waals surface area (Å²) in [4.78, 5) is 24.4. The molecule has 0 aliphatic heterocycles. The lowest BCUT2D eigenvalue weighted by Gasteiger charge is -2.07. The van der Waals surface area contributed by atoms with Crippen LogP contribution in [0, 0.1) is 11.8 Å². The molecule has 2 aliphatic rings. The molecule has 4 atom stereocenters. The van der Waals surface area contributed by atoms with Crippen molar-refractivity contribution in [2.45, 2.75) is 24.7 Å². The van der Waals surface area contributed by atoms with E-state index < -0.39 is 0 Å². The summed E-state index contributed by atoms with van der Waals surface area (Å²) in [5.74, 6) is 1.06. The molecule has 2 fully saturated rings. The molecular formula is C22H24N2O2. The Morgan fingerprint density at radius 3 is 1.46 bits per heavy atom. The van der Waals surface area contributed by atoms with Gasteiger partial charge < -0.3 is 10.6 Å². The van der Waals surface area contributed by atoms with E-state index in [1.54, 1.807) is 0 Å². The number of benzene rings is 2. The minimum absolute atomic E-state index is 0.0824. The lowest BCUT2D eigenvalue weighted by molar-refractivity contribution is -0.124. The molecule has 0 radical (unpaired) electrons. The molecule has 0 heterocycles. The van der Waals surface area contributed by atoms with Crippen molar-refractivity contribution in [2.75, 3.05) is 13.1 Å². The van der Waals surface area contributed by atoms with Crippen molar-refractivity contribution < 1.29 is 9.59 Å². The van der Waals surface area contributed by atoms with Crippen LogP contribution in [-0.2, 0) is 9.59 Å². The van der Waals surface area contributed by atoms with Crippen LogP contribution in [-0.4, -0.2) is 24.9 Å². The van der Waals surface area contributed by atoms with Gasteiger partial charge in [-0.3, -0.25) is 9.59 Å². The minimum Gasteiger partial charge on any atom is -0.354 e. The van der Waals surface area contributed by atoms with Crippen molar-refractivity contribution in [1.82, 2.24) is 10.6 Å². The summed E-state index contributed by atoms with van der Waals surface area (Å²) in [6.45, 7) is 0.983. The summed E-state index contributed by atoms with van der Waals surface area (Å²) in [6, 6.07) is 20.4. The van der Waals surface area contributed by atoms with Crippen LogP contribution >= 0.6 is 0 Å². The number of hydrogen-bond donors (Lipinski definition) is 2. The van der Waals surface area contributed by atoms with Gasteiger partial charge >= 0.3 is 0 Å². The van der Waals surface area contributed by atoms with E-state index in [-0.39, 0.29) is 23.7 Å². The third kappa shape index (κ3) is 3.79. The van der Waals surface area contributed by atoms with Crippen molar-refractivity contribution in [3.63, 3.8) is 0 Å². The molecule has 4 rings (SSSR count). The van der Waals surface area contributed by atoms with E-state index in [2.05, 4.69) is 34.9 Å². The van der Waals surface area contributed by atoms with Crippen LogP contribution < -0.4 is 10.6 Å². The van der Waals surface area contributed by atoms with Gasteiger partial charge in [0.25, 0.3) is 0 Å². The monoisotopic (exact) mass is 348 g/mol. The van der Waals surface area contributed by atoms with Gasteiger partial charge in [-0.15, -0.1) is 0 Å². The number of carbonyl (C=O) groups excluding carboxylic acids is 2. The molecule has 0 spiro atoms. The predicted molar refractivity (Wildman–Crippen MR) is 101 cm³/mol. The van der Waals surface area contributed by atoms with Gasteiger partial charge in [-0.25, -0.2) is 0 Å². The maximum Gasteiger partial charge on any atom is 0.223 e. The highest BCUT2D eigenvalue weighted by Crippen LogP contribution is 2.48. The fourth-order valence-electron chi connectivity index (χ4n) is 3.74. The maximum atomic E-state index is 12.2. The number of amides is 2. The molecule has 2 N–H and O–H groups in total. The molecule has 0 bridgehead atoms. The average molecular weight is 348 g/mol. The lowest BCUT2D eigenvalue weighted by Crippen LogP contribution is -2.36. The van der Waals surface area contributed by atoms with E-state index in [4.69, 9.17) is 0 Å². The standard InChI is InChI=1S/C22H24N2O2/c25-21(19-13-17(19)15-7-3-1-4-8-15)23-11-12-24-22(26)20-14-18(20)16-9-5-2-6-10-16/h1-10,17-20H,11-14H2,(H,23,25)(H,24,26)/t17-,18-,19-,20+/m1/s1. The number of carbonyl (C=O) groups is 2. The van der Waals surface area contributed by atoms with Crippen molar-refractivity contribution in [3.05, 3.63) is 71.8 Å². The average Bonchev–Trinajstić information content (AvgIpc) is 3.59. The van der Waals surface area contributed by atoms with E-state index in [0.717, 1.165) is 12.8 Å². The summed E-state index contributed by atoms with van der Waals surface area (Å²) >= 11 is 0. The van der Waals surface area contributed by atoms with E-state index in [1.807, 2.05) is 36.4 Å². The highest BCUT2D eigenvalue weighted by molar-refractivity contribution is 5.84. The quantitative estimate of drug-likeness (QED) is 0.756. The fourth-order valence-corrected chi connectivity index (χ4v) is 3.74. The molecule has 0 aromatic heterocycles. The SMILES string of the molecule is O=C(NCCNC(=O)[C@@H]1C[C@@H]1c1ccccc1)[C@H]1C[C@@H]1c1ccccc1. The molecule has 2 aromatic rings. The van der Waals surface area contributed by atoms with Gasteiger partial charge in [0, 0.05) is 24.9 Å². The Kier molecular flexibility index (Phi) is 4.74. The van der Waals surface area contributed by atoms with Crippen molar-refractivity contribution in [2.24, 2.45) is 11.8 Å². The number of nitrogens with one attached hydrogen (secondary N) is 2. The number of rotatable bonds is 7. The first kappa shape index (κ1) is 16.8. The molecule has 2 amide bonds. The zero-order chi connectivity index (χ0) is 17.9. The van der Waals surface area contributed by atoms with Crippen molar-refractivity contribution >= 4 is 11.8 Å². The molecule has 26 heavy (non-hydrogen) atoms. The van der Waals surface area contributed by atoms with Gasteiger partial charge in [-0.1, -0.05) is 60.7 Å². The summed E-state index contributed by atoms with van der Waals surface area (Å²) in [5.41, 5.74) is 2.48. The Morgan fingerprint density at radius 2 is 1.08 bits per heavy atom. The second-order valence-electron chi connectivity index (χ2n) is 7.30. The fraction of sp³-hybridized carbons (Fsp3) is 0.364.